The molecule has 3 rings (SSSR count). The molecule has 0 aliphatic carbocycles. The summed E-state index contributed by atoms with van der Waals surface area (Å²) < 4.78 is 16.2. The van der Waals surface area contributed by atoms with Crippen LogP contribution in [0.2, 0.25) is 0 Å². The zero-order valence-electron chi connectivity index (χ0n) is 19.1. The van der Waals surface area contributed by atoms with Gasteiger partial charge in [0, 0.05) is 24.2 Å². The van der Waals surface area contributed by atoms with Crippen molar-refractivity contribution in [2.24, 2.45) is 0 Å². The van der Waals surface area contributed by atoms with E-state index < -0.39 is 4.92 Å². The lowest BCUT2D eigenvalue weighted by Crippen LogP contribution is -2.02. The standard InChI is InChI=1S/C26H28N2O6/c1-32-26(29)10-6-3-7-17-33-23-15-16-25(28(30)31)24(18-23)27-21-11-13-22(14-12-21)34-19-20-8-4-2-5-9-20/h2,4-5,8-9,11-16,18,27H,3,6-7,10,17,19H2,1H3. The van der Waals surface area contributed by atoms with Crippen molar-refractivity contribution in [2.75, 3.05) is 19.0 Å². The summed E-state index contributed by atoms with van der Waals surface area (Å²) in [6.45, 7) is 0.910. The van der Waals surface area contributed by atoms with Crippen molar-refractivity contribution in [1.29, 1.82) is 0 Å². The fourth-order valence-corrected chi connectivity index (χ4v) is 3.24. The number of unbranched alkanes of at least 4 members (excludes halogenated alkanes) is 2. The van der Waals surface area contributed by atoms with E-state index in [9.17, 15) is 14.9 Å². The molecule has 0 radical (unpaired) electrons. The van der Waals surface area contributed by atoms with Crippen molar-refractivity contribution in [2.45, 2.75) is 32.3 Å². The van der Waals surface area contributed by atoms with E-state index in [-0.39, 0.29) is 11.7 Å². The Balaban J connectivity index is 1.55. The van der Waals surface area contributed by atoms with Crippen LogP contribution in [0.1, 0.15) is 31.2 Å². The van der Waals surface area contributed by atoms with Gasteiger partial charge in [0.1, 0.15) is 23.8 Å². The number of nitro benzene ring substituents is 1. The number of rotatable bonds is 13. The molecule has 0 saturated heterocycles. The van der Waals surface area contributed by atoms with Crippen LogP contribution in [-0.2, 0) is 16.1 Å². The van der Waals surface area contributed by atoms with E-state index in [1.54, 1.807) is 24.3 Å². The maximum Gasteiger partial charge on any atom is 0.305 e. The van der Waals surface area contributed by atoms with E-state index in [1.807, 2.05) is 42.5 Å². The Hall–Kier alpha value is -4.07. The number of nitro groups is 1. The summed E-state index contributed by atoms with van der Waals surface area (Å²) in [6.07, 6.45) is 2.71. The smallest absolute Gasteiger partial charge is 0.305 e. The number of anilines is 2. The molecule has 0 atom stereocenters. The normalized spacial score (nSPS) is 10.4. The first-order valence-electron chi connectivity index (χ1n) is 11.1. The van der Waals surface area contributed by atoms with E-state index in [1.165, 1.54) is 13.2 Å². The first-order chi connectivity index (χ1) is 16.5. The molecule has 3 aromatic rings. The molecule has 8 heteroatoms. The van der Waals surface area contributed by atoms with Crippen LogP contribution < -0.4 is 14.8 Å². The number of esters is 1. The Morgan fingerprint density at radius 1 is 0.912 bits per heavy atom. The second-order valence-corrected chi connectivity index (χ2v) is 7.59. The van der Waals surface area contributed by atoms with E-state index in [2.05, 4.69) is 10.1 Å². The summed E-state index contributed by atoms with van der Waals surface area (Å²) in [5.74, 6) is 1.01. The van der Waals surface area contributed by atoms with Gasteiger partial charge in [-0.3, -0.25) is 14.9 Å². The average Bonchev–Trinajstić information content (AvgIpc) is 2.86. The average molecular weight is 465 g/mol. The summed E-state index contributed by atoms with van der Waals surface area (Å²) >= 11 is 0. The molecule has 178 valence electrons. The van der Waals surface area contributed by atoms with Gasteiger partial charge in [-0.1, -0.05) is 30.3 Å². The zero-order valence-corrected chi connectivity index (χ0v) is 19.1. The molecule has 0 aliphatic rings. The van der Waals surface area contributed by atoms with Crippen LogP contribution in [0.5, 0.6) is 11.5 Å². The number of benzene rings is 3. The van der Waals surface area contributed by atoms with Crippen molar-refractivity contribution in [3.63, 3.8) is 0 Å². The van der Waals surface area contributed by atoms with E-state index in [4.69, 9.17) is 9.47 Å². The van der Waals surface area contributed by atoms with E-state index in [0.29, 0.717) is 42.5 Å². The van der Waals surface area contributed by atoms with Gasteiger partial charge >= 0.3 is 5.97 Å². The van der Waals surface area contributed by atoms with Crippen LogP contribution in [0.25, 0.3) is 0 Å². The summed E-state index contributed by atoms with van der Waals surface area (Å²) in [7, 11) is 1.37. The zero-order chi connectivity index (χ0) is 24.2. The number of ether oxygens (including phenoxy) is 3. The lowest BCUT2D eigenvalue weighted by Gasteiger charge is -2.12. The monoisotopic (exact) mass is 464 g/mol. The quantitative estimate of drug-likeness (QED) is 0.143. The Kier molecular flexibility index (Phi) is 9.28. The SMILES string of the molecule is COC(=O)CCCCCOc1ccc([N+](=O)[O-])c(Nc2ccc(OCc3ccccc3)cc2)c1. The molecule has 8 nitrogen and oxygen atoms in total. The highest BCUT2D eigenvalue weighted by molar-refractivity contribution is 5.71. The Morgan fingerprint density at radius 3 is 2.35 bits per heavy atom. The molecule has 0 saturated carbocycles. The Bertz CT molecular complexity index is 1070. The van der Waals surface area contributed by atoms with E-state index in [0.717, 1.165) is 24.8 Å². The molecule has 1 N–H and O–H groups in total. The lowest BCUT2D eigenvalue weighted by atomic mass is 10.2. The fraction of sp³-hybridized carbons (Fsp3) is 0.269. The molecular formula is C26H28N2O6. The number of nitrogens with one attached hydrogen (secondary N) is 1. The van der Waals surface area contributed by atoms with Gasteiger partial charge in [0.15, 0.2) is 0 Å². The second kappa shape index (κ2) is 12.8. The molecule has 0 fully saturated rings. The minimum Gasteiger partial charge on any atom is -0.494 e. The third-order valence-corrected chi connectivity index (χ3v) is 5.07. The van der Waals surface area contributed by atoms with Crippen LogP contribution in [-0.4, -0.2) is 24.6 Å². The highest BCUT2D eigenvalue weighted by Crippen LogP contribution is 2.32. The first-order valence-corrected chi connectivity index (χ1v) is 11.1. The molecule has 0 heterocycles. The highest BCUT2D eigenvalue weighted by atomic mass is 16.6. The minimum absolute atomic E-state index is 0.0465. The first kappa shape index (κ1) is 24.6. The predicted octanol–water partition coefficient (Wildman–Crippen LogP) is 6.03. The van der Waals surface area contributed by atoms with Crippen LogP contribution in [0.4, 0.5) is 17.1 Å². The van der Waals surface area contributed by atoms with Crippen molar-refractivity contribution < 1.29 is 23.9 Å². The fourth-order valence-electron chi connectivity index (χ4n) is 3.24. The lowest BCUT2D eigenvalue weighted by molar-refractivity contribution is -0.383. The van der Waals surface area contributed by atoms with Crippen molar-refractivity contribution >= 4 is 23.0 Å². The maximum absolute atomic E-state index is 11.5. The van der Waals surface area contributed by atoms with Crippen LogP contribution in [0, 0.1) is 10.1 Å². The topological polar surface area (TPSA) is 99.9 Å². The minimum atomic E-state index is -0.434. The third-order valence-electron chi connectivity index (χ3n) is 5.07. The molecule has 0 bridgehead atoms. The predicted molar refractivity (Wildman–Crippen MR) is 130 cm³/mol. The van der Waals surface area contributed by atoms with Crippen molar-refractivity contribution in [3.05, 3.63) is 88.5 Å². The van der Waals surface area contributed by atoms with Crippen LogP contribution in [0.3, 0.4) is 0 Å². The molecule has 3 aromatic carbocycles. The third kappa shape index (κ3) is 7.81. The molecule has 0 aromatic heterocycles. The number of carbonyl (C=O) groups excluding carboxylic acids is 1. The largest absolute Gasteiger partial charge is 0.494 e. The van der Waals surface area contributed by atoms with Crippen molar-refractivity contribution in [1.82, 2.24) is 0 Å². The maximum atomic E-state index is 11.5. The van der Waals surface area contributed by atoms with Gasteiger partial charge < -0.3 is 19.5 Å². The number of methoxy groups -OCH3 is 1. The van der Waals surface area contributed by atoms with Gasteiger partial charge in [-0.05, 0) is 55.2 Å². The van der Waals surface area contributed by atoms with Gasteiger partial charge in [-0.2, -0.15) is 0 Å². The number of nitrogens with zero attached hydrogens (tertiary/aromatic N) is 1. The van der Waals surface area contributed by atoms with E-state index >= 15 is 0 Å². The Labute approximate surface area is 198 Å². The van der Waals surface area contributed by atoms with Gasteiger partial charge in [-0.15, -0.1) is 0 Å². The summed E-state index contributed by atoms with van der Waals surface area (Å²) in [6, 6.07) is 21.7. The van der Waals surface area contributed by atoms with Crippen LogP contribution in [0.15, 0.2) is 72.8 Å². The molecule has 0 unspecified atom stereocenters. The molecule has 0 aliphatic heterocycles. The Morgan fingerprint density at radius 2 is 1.65 bits per heavy atom. The van der Waals surface area contributed by atoms with Gasteiger partial charge in [-0.25, -0.2) is 0 Å². The van der Waals surface area contributed by atoms with Crippen LogP contribution >= 0.6 is 0 Å². The van der Waals surface area contributed by atoms with Gasteiger partial charge in [0.2, 0.25) is 0 Å². The highest BCUT2D eigenvalue weighted by Gasteiger charge is 2.15. The number of carbonyl (C=O) groups is 1. The molecule has 0 spiro atoms. The molecule has 34 heavy (non-hydrogen) atoms. The molecular weight excluding hydrogens is 436 g/mol. The van der Waals surface area contributed by atoms with Gasteiger partial charge in [0.25, 0.3) is 5.69 Å². The van der Waals surface area contributed by atoms with Gasteiger partial charge in [0.05, 0.1) is 18.6 Å². The summed E-state index contributed by atoms with van der Waals surface area (Å²) in [5.41, 5.74) is 2.05. The summed E-state index contributed by atoms with van der Waals surface area (Å²) in [5, 5.41) is 14.6. The second-order valence-electron chi connectivity index (χ2n) is 7.59. The number of hydrogen-bond acceptors (Lipinski definition) is 7. The number of hydrogen-bond donors (Lipinski definition) is 1. The summed E-state index contributed by atoms with van der Waals surface area (Å²) in [4.78, 5) is 22.2. The molecule has 0 amide bonds. The van der Waals surface area contributed by atoms with Crippen molar-refractivity contribution in [3.8, 4) is 11.5 Å².